The molecule has 5 heteroatoms. The molecule has 0 bridgehead atoms. The van der Waals surface area contributed by atoms with Gasteiger partial charge in [-0.05, 0) is 29.8 Å². The molecule has 1 aliphatic rings. The van der Waals surface area contributed by atoms with Crippen molar-refractivity contribution >= 4 is 28.5 Å². The van der Waals surface area contributed by atoms with Gasteiger partial charge >= 0.3 is 0 Å². The van der Waals surface area contributed by atoms with Crippen LogP contribution in [0, 0.1) is 11.3 Å². The third-order valence-electron chi connectivity index (χ3n) is 2.84. The molecule has 2 aromatic rings. The van der Waals surface area contributed by atoms with Gasteiger partial charge in [0.15, 0.2) is 11.5 Å². The van der Waals surface area contributed by atoms with Crippen molar-refractivity contribution in [3.63, 3.8) is 0 Å². The van der Waals surface area contributed by atoms with E-state index in [1.807, 2.05) is 34.7 Å². The first-order valence-electron chi connectivity index (χ1n) is 5.85. The van der Waals surface area contributed by atoms with Crippen LogP contribution < -0.4 is 9.84 Å². The Labute approximate surface area is 110 Å². The minimum Gasteiger partial charge on any atom is -0.232 e. The van der Waals surface area contributed by atoms with Gasteiger partial charge in [-0.3, -0.25) is 0 Å². The lowest BCUT2D eigenvalue weighted by Gasteiger charge is -2.27. The van der Waals surface area contributed by atoms with Gasteiger partial charge in [-0.25, -0.2) is 14.8 Å². The summed E-state index contributed by atoms with van der Waals surface area (Å²) >= 11 is 1.69. The monoisotopic (exact) mass is 256 g/mol. The van der Waals surface area contributed by atoms with Crippen LogP contribution in [-0.4, -0.2) is 17.3 Å². The number of hydrazine groups is 1. The van der Waals surface area contributed by atoms with Crippen LogP contribution in [0.4, 0.5) is 5.82 Å². The molecule has 0 aliphatic carbocycles. The standard InChI is InChI=1S/C13H12N4S/c14-9-12-11-5-2-1-4-10(11)8-13(16-12)17-15-6-3-7-18-17/h1-2,4-5,8,15H,3,6-7H2. The van der Waals surface area contributed by atoms with Gasteiger partial charge in [0.05, 0.1) is 0 Å². The molecule has 90 valence electrons. The Bertz CT molecular complexity index is 614. The first-order chi connectivity index (χ1) is 8.88. The summed E-state index contributed by atoms with van der Waals surface area (Å²) in [6.45, 7) is 0.948. The molecule has 0 saturated carbocycles. The Morgan fingerprint density at radius 3 is 3.06 bits per heavy atom. The SMILES string of the molecule is N#Cc1nc(N2NCCCS2)cc2ccccc12. The van der Waals surface area contributed by atoms with E-state index in [2.05, 4.69) is 16.5 Å². The summed E-state index contributed by atoms with van der Waals surface area (Å²) < 4.78 is 1.96. The predicted molar refractivity (Wildman–Crippen MR) is 74.0 cm³/mol. The van der Waals surface area contributed by atoms with Gasteiger partial charge in [0.25, 0.3) is 0 Å². The molecule has 0 radical (unpaired) electrons. The van der Waals surface area contributed by atoms with E-state index >= 15 is 0 Å². The van der Waals surface area contributed by atoms with Crippen LogP contribution in [0.5, 0.6) is 0 Å². The number of hydrogen-bond acceptors (Lipinski definition) is 5. The quantitative estimate of drug-likeness (QED) is 0.794. The van der Waals surface area contributed by atoms with Crippen LogP contribution in [0.1, 0.15) is 12.1 Å². The zero-order chi connectivity index (χ0) is 12.4. The fraction of sp³-hybridized carbons (Fsp3) is 0.231. The summed E-state index contributed by atoms with van der Waals surface area (Å²) in [6, 6.07) is 12.0. The molecule has 1 aromatic heterocycles. The van der Waals surface area contributed by atoms with Gasteiger partial charge in [-0.15, -0.1) is 0 Å². The number of pyridine rings is 1. The summed E-state index contributed by atoms with van der Waals surface area (Å²) in [6.07, 6.45) is 1.15. The molecule has 3 rings (SSSR count). The average Bonchev–Trinajstić information content (AvgIpc) is 2.47. The van der Waals surface area contributed by atoms with E-state index in [4.69, 9.17) is 0 Å². The summed E-state index contributed by atoms with van der Waals surface area (Å²) in [4.78, 5) is 4.42. The smallest absolute Gasteiger partial charge is 0.155 e. The number of nitriles is 1. The van der Waals surface area contributed by atoms with Gasteiger partial charge in [0, 0.05) is 17.7 Å². The number of rotatable bonds is 1. The van der Waals surface area contributed by atoms with E-state index in [0.29, 0.717) is 5.69 Å². The van der Waals surface area contributed by atoms with Crippen molar-refractivity contribution in [1.82, 2.24) is 10.4 Å². The Kier molecular flexibility index (Phi) is 3.05. The van der Waals surface area contributed by atoms with Crippen LogP contribution in [0.25, 0.3) is 10.8 Å². The fourth-order valence-electron chi connectivity index (χ4n) is 1.98. The van der Waals surface area contributed by atoms with Crippen LogP contribution in [0.15, 0.2) is 30.3 Å². The summed E-state index contributed by atoms with van der Waals surface area (Å²) in [5.41, 5.74) is 3.76. The van der Waals surface area contributed by atoms with Crippen LogP contribution >= 0.6 is 11.9 Å². The molecule has 1 aromatic carbocycles. The lowest BCUT2D eigenvalue weighted by atomic mass is 10.1. The highest BCUT2D eigenvalue weighted by atomic mass is 32.2. The molecule has 0 unspecified atom stereocenters. The number of nitrogens with one attached hydrogen (secondary N) is 1. The fourth-order valence-corrected chi connectivity index (χ4v) is 2.84. The molecular formula is C13H12N4S. The molecule has 1 aliphatic heterocycles. The van der Waals surface area contributed by atoms with Crippen molar-refractivity contribution in [3.05, 3.63) is 36.0 Å². The number of benzene rings is 1. The zero-order valence-electron chi connectivity index (χ0n) is 9.76. The van der Waals surface area contributed by atoms with Gasteiger partial charge in [-0.2, -0.15) is 5.26 Å². The molecule has 1 saturated heterocycles. The van der Waals surface area contributed by atoms with Crippen molar-refractivity contribution < 1.29 is 0 Å². The van der Waals surface area contributed by atoms with Crippen LogP contribution in [0.2, 0.25) is 0 Å². The Balaban J connectivity index is 2.10. The van der Waals surface area contributed by atoms with E-state index in [0.717, 1.165) is 35.3 Å². The minimum absolute atomic E-state index is 0.482. The number of aromatic nitrogens is 1. The average molecular weight is 256 g/mol. The van der Waals surface area contributed by atoms with E-state index < -0.39 is 0 Å². The first kappa shape index (κ1) is 11.3. The number of fused-ring (bicyclic) bond motifs is 1. The second-order valence-corrected chi connectivity index (χ2v) is 5.08. The first-order valence-corrected chi connectivity index (χ1v) is 6.79. The normalized spacial score (nSPS) is 15.6. The topological polar surface area (TPSA) is 52.0 Å². The summed E-state index contributed by atoms with van der Waals surface area (Å²) in [5, 5.41) is 11.2. The summed E-state index contributed by atoms with van der Waals surface area (Å²) in [7, 11) is 0. The lowest BCUT2D eigenvalue weighted by Crippen LogP contribution is -2.37. The van der Waals surface area contributed by atoms with Crippen LogP contribution in [0.3, 0.4) is 0 Å². The van der Waals surface area contributed by atoms with Crippen molar-refractivity contribution in [3.8, 4) is 6.07 Å². The van der Waals surface area contributed by atoms with Crippen molar-refractivity contribution in [2.45, 2.75) is 6.42 Å². The second-order valence-electron chi connectivity index (χ2n) is 4.05. The molecule has 0 atom stereocenters. The Morgan fingerprint density at radius 1 is 1.39 bits per heavy atom. The highest BCUT2D eigenvalue weighted by Crippen LogP contribution is 2.26. The van der Waals surface area contributed by atoms with E-state index in [1.165, 1.54) is 0 Å². The molecule has 1 N–H and O–H groups in total. The van der Waals surface area contributed by atoms with Gasteiger partial charge in [0.1, 0.15) is 6.07 Å². The molecular weight excluding hydrogens is 244 g/mol. The molecule has 2 heterocycles. The largest absolute Gasteiger partial charge is 0.232 e. The molecule has 0 spiro atoms. The highest BCUT2D eigenvalue weighted by Gasteiger charge is 2.15. The van der Waals surface area contributed by atoms with Gasteiger partial charge < -0.3 is 0 Å². The third-order valence-corrected chi connectivity index (χ3v) is 3.88. The van der Waals surface area contributed by atoms with E-state index in [1.54, 1.807) is 11.9 Å². The maximum atomic E-state index is 9.20. The predicted octanol–water partition coefficient (Wildman–Crippen LogP) is 2.47. The molecule has 4 nitrogen and oxygen atoms in total. The van der Waals surface area contributed by atoms with E-state index in [-0.39, 0.29) is 0 Å². The molecule has 18 heavy (non-hydrogen) atoms. The second kappa shape index (κ2) is 4.84. The van der Waals surface area contributed by atoms with E-state index in [9.17, 15) is 5.26 Å². The zero-order valence-corrected chi connectivity index (χ0v) is 10.6. The maximum Gasteiger partial charge on any atom is 0.155 e. The van der Waals surface area contributed by atoms with Crippen molar-refractivity contribution in [2.24, 2.45) is 0 Å². The molecule has 1 fully saturated rings. The maximum absolute atomic E-state index is 9.20. The number of anilines is 1. The van der Waals surface area contributed by atoms with Gasteiger partial charge in [-0.1, -0.05) is 24.3 Å². The lowest BCUT2D eigenvalue weighted by molar-refractivity contribution is 0.695. The Morgan fingerprint density at radius 2 is 2.28 bits per heavy atom. The summed E-state index contributed by atoms with van der Waals surface area (Å²) in [5.74, 6) is 1.87. The molecule has 0 amide bonds. The number of nitrogens with zero attached hydrogens (tertiary/aromatic N) is 3. The third kappa shape index (κ3) is 2.01. The Hall–Kier alpha value is -1.77. The highest BCUT2D eigenvalue weighted by molar-refractivity contribution is 8.00. The minimum atomic E-state index is 0.482. The van der Waals surface area contributed by atoms with Crippen LogP contribution in [-0.2, 0) is 0 Å². The number of hydrogen-bond donors (Lipinski definition) is 1. The van der Waals surface area contributed by atoms with Crippen molar-refractivity contribution in [2.75, 3.05) is 16.7 Å². The van der Waals surface area contributed by atoms with Gasteiger partial charge in [0.2, 0.25) is 0 Å². The van der Waals surface area contributed by atoms with Crippen molar-refractivity contribution in [1.29, 1.82) is 5.26 Å².